The molecule has 0 radical (unpaired) electrons. The molecule has 0 saturated heterocycles. The molecule has 2 heterocycles. The molecule has 0 N–H and O–H groups in total. The maximum absolute atomic E-state index is 14.3. The average molecular weight is 539 g/mol. The normalized spacial score (nSPS) is 11.4. The molecule has 6 rings (SSSR count). The SMILES string of the molecule is CC(C)(c1ccc(-c2ccccc2)c(-c2cccc(F)c2)n1)c1ccc(-c2ccccc2)c(-c2cccc(F)c2)n1. The van der Waals surface area contributed by atoms with Crippen molar-refractivity contribution in [3.8, 4) is 44.8 Å². The summed E-state index contributed by atoms with van der Waals surface area (Å²) in [5, 5.41) is 0. The number of rotatable bonds is 6. The maximum atomic E-state index is 14.3. The van der Waals surface area contributed by atoms with E-state index in [0.717, 1.165) is 33.6 Å². The summed E-state index contributed by atoms with van der Waals surface area (Å²) < 4.78 is 28.7. The maximum Gasteiger partial charge on any atom is 0.123 e. The molecule has 2 nitrogen and oxygen atoms in total. The Labute approximate surface area is 239 Å². The predicted molar refractivity (Wildman–Crippen MR) is 162 cm³/mol. The smallest absolute Gasteiger partial charge is 0.123 e. The molecule has 0 bridgehead atoms. The van der Waals surface area contributed by atoms with Crippen molar-refractivity contribution in [1.82, 2.24) is 9.97 Å². The van der Waals surface area contributed by atoms with Crippen LogP contribution < -0.4 is 0 Å². The van der Waals surface area contributed by atoms with Gasteiger partial charge in [-0.15, -0.1) is 0 Å². The molecular weight excluding hydrogens is 510 g/mol. The third-order valence-electron chi connectivity index (χ3n) is 7.44. The van der Waals surface area contributed by atoms with E-state index in [0.29, 0.717) is 22.5 Å². The summed E-state index contributed by atoms with van der Waals surface area (Å²) in [6, 6.07) is 41.2. The molecule has 0 aliphatic rings. The third-order valence-corrected chi connectivity index (χ3v) is 7.44. The number of aromatic nitrogens is 2. The van der Waals surface area contributed by atoms with E-state index in [1.54, 1.807) is 12.1 Å². The van der Waals surface area contributed by atoms with Gasteiger partial charge in [0.05, 0.1) is 22.8 Å². The fraction of sp³-hybridized carbons (Fsp3) is 0.0811. The van der Waals surface area contributed by atoms with Gasteiger partial charge in [0.25, 0.3) is 0 Å². The zero-order valence-corrected chi connectivity index (χ0v) is 22.9. The highest BCUT2D eigenvalue weighted by Gasteiger charge is 2.29. The van der Waals surface area contributed by atoms with Gasteiger partial charge in [0.2, 0.25) is 0 Å². The molecule has 0 unspecified atom stereocenters. The zero-order chi connectivity index (χ0) is 28.4. The molecule has 0 aliphatic heterocycles. The minimum Gasteiger partial charge on any atom is -0.251 e. The van der Waals surface area contributed by atoms with E-state index in [4.69, 9.17) is 9.97 Å². The van der Waals surface area contributed by atoms with Gasteiger partial charge >= 0.3 is 0 Å². The van der Waals surface area contributed by atoms with Crippen LogP contribution in [0.5, 0.6) is 0 Å². The second-order valence-electron chi connectivity index (χ2n) is 10.6. The van der Waals surface area contributed by atoms with Crippen LogP contribution in [0.4, 0.5) is 8.78 Å². The molecular formula is C37H28F2N2. The molecule has 4 heteroatoms. The Morgan fingerprint density at radius 1 is 0.439 bits per heavy atom. The highest BCUT2D eigenvalue weighted by atomic mass is 19.1. The van der Waals surface area contributed by atoms with E-state index in [1.807, 2.05) is 97.1 Å². The van der Waals surface area contributed by atoms with Crippen molar-refractivity contribution >= 4 is 0 Å². The van der Waals surface area contributed by atoms with E-state index in [1.165, 1.54) is 24.3 Å². The minimum absolute atomic E-state index is 0.314. The Hall–Kier alpha value is -4.96. The molecule has 0 fully saturated rings. The second kappa shape index (κ2) is 10.9. The quantitative estimate of drug-likeness (QED) is 0.211. The van der Waals surface area contributed by atoms with Crippen molar-refractivity contribution < 1.29 is 8.78 Å². The van der Waals surface area contributed by atoms with Crippen molar-refractivity contribution in [2.45, 2.75) is 19.3 Å². The van der Waals surface area contributed by atoms with Crippen LogP contribution in [0, 0.1) is 11.6 Å². The van der Waals surface area contributed by atoms with Gasteiger partial charge in [0.15, 0.2) is 0 Å². The van der Waals surface area contributed by atoms with Crippen molar-refractivity contribution in [3.63, 3.8) is 0 Å². The number of pyridine rings is 2. The lowest BCUT2D eigenvalue weighted by Crippen LogP contribution is -2.23. The topological polar surface area (TPSA) is 25.8 Å². The molecule has 0 amide bonds. The van der Waals surface area contributed by atoms with Crippen molar-refractivity contribution in [2.75, 3.05) is 0 Å². The van der Waals surface area contributed by atoms with Crippen LogP contribution in [0.15, 0.2) is 133 Å². The van der Waals surface area contributed by atoms with Crippen LogP contribution in [-0.2, 0) is 5.41 Å². The van der Waals surface area contributed by atoms with Gasteiger partial charge in [-0.25, -0.2) is 8.78 Å². The lowest BCUT2D eigenvalue weighted by atomic mass is 9.83. The van der Waals surface area contributed by atoms with Gasteiger partial charge in [-0.1, -0.05) is 97.1 Å². The Kier molecular flexibility index (Phi) is 6.98. The van der Waals surface area contributed by atoms with E-state index < -0.39 is 5.41 Å². The summed E-state index contributed by atoms with van der Waals surface area (Å²) in [6.45, 7) is 4.15. The minimum atomic E-state index is -0.616. The van der Waals surface area contributed by atoms with E-state index >= 15 is 0 Å². The summed E-state index contributed by atoms with van der Waals surface area (Å²) in [7, 11) is 0. The van der Waals surface area contributed by atoms with Gasteiger partial charge in [-0.3, -0.25) is 9.97 Å². The van der Waals surface area contributed by atoms with Crippen molar-refractivity contribution in [2.24, 2.45) is 0 Å². The van der Waals surface area contributed by atoms with E-state index in [2.05, 4.69) is 13.8 Å². The molecule has 6 aromatic rings. The van der Waals surface area contributed by atoms with E-state index in [9.17, 15) is 8.78 Å². The summed E-state index contributed by atoms with van der Waals surface area (Å²) >= 11 is 0. The molecule has 2 aromatic heterocycles. The lowest BCUT2D eigenvalue weighted by Gasteiger charge is -2.26. The molecule has 0 spiro atoms. The third kappa shape index (κ3) is 5.29. The summed E-state index contributed by atoms with van der Waals surface area (Å²) in [4.78, 5) is 10.3. The molecule has 0 saturated carbocycles. The first kappa shape index (κ1) is 26.3. The van der Waals surface area contributed by atoms with Crippen molar-refractivity contribution in [3.05, 3.63) is 156 Å². The van der Waals surface area contributed by atoms with Crippen LogP contribution >= 0.6 is 0 Å². The standard InChI is InChI=1S/C37H28F2N2/c1-37(2,33-21-19-31(25-11-5-3-6-12-25)35(40-33)27-15-9-17-29(38)23-27)34-22-20-32(26-13-7-4-8-14-26)36(41-34)28-16-10-18-30(39)24-28/h3-24H,1-2H3. The zero-order valence-electron chi connectivity index (χ0n) is 22.9. The lowest BCUT2D eigenvalue weighted by molar-refractivity contribution is 0.597. The monoisotopic (exact) mass is 538 g/mol. The Bertz CT molecular complexity index is 1700. The van der Waals surface area contributed by atoms with Gasteiger partial charge < -0.3 is 0 Å². The average Bonchev–Trinajstić information content (AvgIpc) is 3.01. The van der Waals surface area contributed by atoms with E-state index in [-0.39, 0.29) is 11.6 Å². The first-order valence-electron chi connectivity index (χ1n) is 13.6. The number of hydrogen-bond donors (Lipinski definition) is 0. The molecule has 4 aromatic carbocycles. The Balaban J connectivity index is 1.51. The Morgan fingerprint density at radius 3 is 1.22 bits per heavy atom. The molecule has 0 aliphatic carbocycles. The number of benzene rings is 4. The second-order valence-corrected chi connectivity index (χ2v) is 10.6. The highest BCUT2D eigenvalue weighted by molar-refractivity contribution is 5.82. The van der Waals surface area contributed by atoms with Gasteiger partial charge in [0.1, 0.15) is 11.6 Å². The number of nitrogens with zero attached hydrogens (tertiary/aromatic N) is 2. The van der Waals surface area contributed by atoms with Gasteiger partial charge in [-0.2, -0.15) is 0 Å². The first-order chi connectivity index (χ1) is 19.9. The van der Waals surface area contributed by atoms with Crippen LogP contribution in [0.25, 0.3) is 44.8 Å². The van der Waals surface area contributed by atoms with Crippen LogP contribution in [0.1, 0.15) is 25.2 Å². The van der Waals surface area contributed by atoms with Crippen LogP contribution in [0.2, 0.25) is 0 Å². The summed E-state index contributed by atoms with van der Waals surface area (Å²) in [6.07, 6.45) is 0. The van der Waals surface area contributed by atoms with Gasteiger partial charge in [0, 0.05) is 27.7 Å². The first-order valence-corrected chi connectivity index (χ1v) is 13.6. The summed E-state index contributed by atoms with van der Waals surface area (Å²) in [5.41, 5.74) is 7.62. The fourth-order valence-corrected chi connectivity index (χ4v) is 5.16. The van der Waals surface area contributed by atoms with Crippen LogP contribution in [0.3, 0.4) is 0 Å². The highest BCUT2D eigenvalue weighted by Crippen LogP contribution is 2.38. The number of hydrogen-bond acceptors (Lipinski definition) is 2. The van der Waals surface area contributed by atoms with Crippen LogP contribution in [-0.4, -0.2) is 9.97 Å². The van der Waals surface area contributed by atoms with Gasteiger partial charge in [-0.05, 0) is 61.4 Å². The predicted octanol–water partition coefficient (Wildman–Crippen LogP) is 9.75. The molecule has 41 heavy (non-hydrogen) atoms. The molecule has 0 atom stereocenters. The number of halogens is 2. The molecule has 200 valence electrons. The van der Waals surface area contributed by atoms with Crippen molar-refractivity contribution in [1.29, 1.82) is 0 Å². The fourth-order valence-electron chi connectivity index (χ4n) is 5.16. The largest absolute Gasteiger partial charge is 0.251 e. The Morgan fingerprint density at radius 2 is 0.829 bits per heavy atom. The summed E-state index contributed by atoms with van der Waals surface area (Å²) in [5.74, 6) is -0.628.